The molecule has 0 fully saturated rings. The van der Waals surface area contributed by atoms with Crippen LogP contribution in [0.5, 0.6) is 0 Å². The van der Waals surface area contributed by atoms with Crippen LogP contribution in [-0.4, -0.2) is 27.7 Å². The van der Waals surface area contributed by atoms with E-state index in [1.807, 2.05) is 60.7 Å². The number of ether oxygens (including phenoxy) is 1. The standard InChI is InChI=1S/C25H20N4O4/c1-2-33-25(30)22-21(17-10-5-3-6-11-17)23(18-12-7-4-8-13-18)27-28-24(22)26-19-14-9-15-20(16-19)29(31)32/h3-16H,2H2,1H3,(H,26,28). The van der Waals surface area contributed by atoms with Gasteiger partial charge in [0.15, 0.2) is 5.82 Å². The molecule has 4 rings (SSSR count). The highest BCUT2D eigenvalue weighted by Gasteiger charge is 2.26. The summed E-state index contributed by atoms with van der Waals surface area (Å²) in [6.07, 6.45) is 0. The van der Waals surface area contributed by atoms with Crippen molar-refractivity contribution in [2.75, 3.05) is 11.9 Å². The van der Waals surface area contributed by atoms with Crippen molar-refractivity contribution >= 4 is 23.2 Å². The third kappa shape index (κ3) is 4.69. The maximum Gasteiger partial charge on any atom is 0.342 e. The van der Waals surface area contributed by atoms with E-state index in [1.165, 1.54) is 12.1 Å². The van der Waals surface area contributed by atoms with Crippen molar-refractivity contribution in [3.8, 4) is 22.4 Å². The average Bonchev–Trinajstić information content (AvgIpc) is 2.85. The fraction of sp³-hybridized carbons (Fsp3) is 0.0800. The van der Waals surface area contributed by atoms with Crippen LogP contribution >= 0.6 is 0 Å². The van der Waals surface area contributed by atoms with Crippen molar-refractivity contribution < 1.29 is 14.5 Å². The lowest BCUT2D eigenvalue weighted by Gasteiger charge is -2.17. The van der Waals surface area contributed by atoms with E-state index in [0.29, 0.717) is 16.9 Å². The molecule has 0 atom stereocenters. The van der Waals surface area contributed by atoms with E-state index in [1.54, 1.807) is 19.1 Å². The van der Waals surface area contributed by atoms with Gasteiger partial charge in [0, 0.05) is 28.9 Å². The molecule has 0 radical (unpaired) electrons. The van der Waals surface area contributed by atoms with Gasteiger partial charge in [-0.3, -0.25) is 10.1 Å². The number of non-ortho nitro benzene ring substituents is 1. The maximum atomic E-state index is 13.2. The van der Waals surface area contributed by atoms with Gasteiger partial charge in [-0.1, -0.05) is 66.7 Å². The number of hydrogen-bond acceptors (Lipinski definition) is 7. The molecule has 8 nitrogen and oxygen atoms in total. The van der Waals surface area contributed by atoms with Crippen LogP contribution in [0.15, 0.2) is 84.9 Å². The second kappa shape index (κ2) is 9.69. The molecule has 1 aromatic heterocycles. The SMILES string of the molecule is CCOC(=O)c1c(Nc2cccc([N+](=O)[O-])c2)nnc(-c2ccccc2)c1-c1ccccc1. The Balaban J connectivity index is 1.95. The molecule has 33 heavy (non-hydrogen) atoms. The van der Waals surface area contributed by atoms with Gasteiger partial charge in [-0.2, -0.15) is 0 Å². The summed E-state index contributed by atoms with van der Waals surface area (Å²) in [6, 6.07) is 24.8. The van der Waals surface area contributed by atoms with Crippen LogP contribution in [0.3, 0.4) is 0 Å². The number of rotatable bonds is 7. The molecule has 4 aromatic rings. The number of carbonyl (C=O) groups excluding carboxylic acids is 1. The fourth-order valence-electron chi connectivity index (χ4n) is 3.44. The van der Waals surface area contributed by atoms with Crippen LogP contribution in [0, 0.1) is 10.1 Å². The first-order valence-corrected chi connectivity index (χ1v) is 10.3. The summed E-state index contributed by atoms with van der Waals surface area (Å²) in [7, 11) is 0. The lowest BCUT2D eigenvalue weighted by molar-refractivity contribution is -0.384. The summed E-state index contributed by atoms with van der Waals surface area (Å²) in [5.74, 6) is -0.427. The molecule has 0 aliphatic heterocycles. The van der Waals surface area contributed by atoms with E-state index in [4.69, 9.17) is 4.74 Å². The number of esters is 1. The van der Waals surface area contributed by atoms with Crippen molar-refractivity contribution in [2.45, 2.75) is 6.92 Å². The first-order chi connectivity index (χ1) is 16.1. The van der Waals surface area contributed by atoms with Crippen molar-refractivity contribution in [2.24, 2.45) is 0 Å². The quantitative estimate of drug-likeness (QED) is 0.225. The Hall–Kier alpha value is -4.59. The van der Waals surface area contributed by atoms with Crippen LogP contribution in [0.1, 0.15) is 17.3 Å². The average molecular weight is 440 g/mol. The van der Waals surface area contributed by atoms with E-state index in [0.717, 1.165) is 11.1 Å². The minimum absolute atomic E-state index is 0.0881. The Labute approximate surface area is 190 Å². The first kappa shape index (κ1) is 21.6. The molecular weight excluding hydrogens is 420 g/mol. The molecule has 1 N–H and O–H groups in total. The van der Waals surface area contributed by atoms with Gasteiger partial charge in [0.1, 0.15) is 11.3 Å². The third-order valence-corrected chi connectivity index (χ3v) is 4.88. The van der Waals surface area contributed by atoms with E-state index in [9.17, 15) is 14.9 Å². The monoisotopic (exact) mass is 440 g/mol. The van der Waals surface area contributed by atoms with Crippen LogP contribution in [0.2, 0.25) is 0 Å². The number of aromatic nitrogens is 2. The number of hydrogen-bond donors (Lipinski definition) is 1. The van der Waals surface area contributed by atoms with Gasteiger partial charge in [0.2, 0.25) is 0 Å². The highest BCUT2D eigenvalue weighted by atomic mass is 16.6. The summed E-state index contributed by atoms with van der Waals surface area (Å²) in [5.41, 5.74) is 3.14. The van der Waals surface area contributed by atoms with Crippen LogP contribution < -0.4 is 5.32 Å². The number of nitrogens with zero attached hydrogens (tertiary/aromatic N) is 3. The van der Waals surface area contributed by atoms with E-state index in [2.05, 4.69) is 15.5 Å². The Bertz CT molecular complexity index is 1290. The molecule has 8 heteroatoms. The molecule has 0 saturated carbocycles. The topological polar surface area (TPSA) is 107 Å². The third-order valence-electron chi connectivity index (χ3n) is 4.88. The summed E-state index contributed by atoms with van der Waals surface area (Å²) >= 11 is 0. The van der Waals surface area contributed by atoms with Gasteiger partial charge in [-0.05, 0) is 18.6 Å². The summed E-state index contributed by atoms with van der Waals surface area (Å²) < 4.78 is 5.37. The lowest BCUT2D eigenvalue weighted by Crippen LogP contribution is -2.13. The second-order valence-electron chi connectivity index (χ2n) is 7.03. The Kier molecular flexibility index (Phi) is 6.36. The summed E-state index contributed by atoms with van der Waals surface area (Å²) in [4.78, 5) is 23.9. The van der Waals surface area contributed by atoms with Gasteiger partial charge in [0.05, 0.1) is 11.5 Å². The Morgan fingerprint density at radius 2 is 1.61 bits per heavy atom. The van der Waals surface area contributed by atoms with Crippen molar-refractivity contribution in [3.05, 3.63) is 101 Å². The summed E-state index contributed by atoms with van der Waals surface area (Å²) in [5, 5.41) is 22.9. The predicted molar refractivity (Wildman–Crippen MR) is 125 cm³/mol. The van der Waals surface area contributed by atoms with E-state index < -0.39 is 10.9 Å². The van der Waals surface area contributed by atoms with Gasteiger partial charge in [0.25, 0.3) is 5.69 Å². The van der Waals surface area contributed by atoms with E-state index in [-0.39, 0.29) is 23.7 Å². The van der Waals surface area contributed by atoms with Crippen LogP contribution in [0.25, 0.3) is 22.4 Å². The van der Waals surface area contributed by atoms with Gasteiger partial charge < -0.3 is 10.1 Å². The molecule has 3 aromatic carbocycles. The van der Waals surface area contributed by atoms with Gasteiger partial charge in [-0.25, -0.2) is 4.79 Å². The molecule has 0 unspecified atom stereocenters. The molecule has 0 aliphatic rings. The highest BCUT2D eigenvalue weighted by Crippen LogP contribution is 2.37. The van der Waals surface area contributed by atoms with Crippen molar-refractivity contribution in [1.82, 2.24) is 10.2 Å². The Morgan fingerprint density at radius 1 is 0.939 bits per heavy atom. The van der Waals surface area contributed by atoms with Gasteiger partial charge >= 0.3 is 5.97 Å². The zero-order chi connectivity index (χ0) is 23.2. The lowest BCUT2D eigenvalue weighted by atomic mass is 9.95. The number of benzene rings is 3. The molecular formula is C25H20N4O4. The number of nitro groups is 1. The molecule has 1 heterocycles. The molecule has 0 spiro atoms. The molecule has 164 valence electrons. The van der Waals surface area contributed by atoms with Crippen molar-refractivity contribution in [1.29, 1.82) is 0 Å². The van der Waals surface area contributed by atoms with Crippen LogP contribution in [-0.2, 0) is 4.74 Å². The molecule has 0 aliphatic carbocycles. The van der Waals surface area contributed by atoms with Gasteiger partial charge in [-0.15, -0.1) is 10.2 Å². The first-order valence-electron chi connectivity index (χ1n) is 10.3. The zero-order valence-electron chi connectivity index (χ0n) is 17.8. The largest absolute Gasteiger partial charge is 0.462 e. The second-order valence-corrected chi connectivity index (χ2v) is 7.03. The minimum atomic E-state index is -0.573. The number of nitro benzene ring substituents is 1. The molecule has 0 saturated heterocycles. The maximum absolute atomic E-state index is 13.2. The Morgan fingerprint density at radius 3 is 2.24 bits per heavy atom. The summed E-state index contributed by atoms with van der Waals surface area (Å²) in [6.45, 7) is 1.90. The zero-order valence-corrected chi connectivity index (χ0v) is 17.8. The van der Waals surface area contributed by atoms with E-state index >= 15 is 0 Å². The van der Waals surface area contributed by atoms with Crippen LogP contribution in [0.4, 0.5) is 17.2 Å². The smallest absolute Gasteiger partial charge is 0.342 e. The number of carbonyl (C=O) groups is 1. The van der Waals surface area contributed by atoms with Crippen molar-refractivity contribution in [3.63, 3.8) is 0 Å². The normalized spacial score (nSPS) is 10.5. The number of nitrogens with one attached hydrogen (secondary N) is 1. The molecule has 0 amide bonds. The highest BCUT2D eigenvalue weighted by molar-refractivity contribution is 6.05. The predicted octanol–water partition coefficient (Wildman–Crippen LogP) is 5.64. The fourth-order valence-corrected chi connectivity index (χ4v) is 3.44. The number of anilines is 2. The molecule has 0 bridgehead atoms. The minimum Gasteiger partial charge on any atom is -0.462 e.